The molecule has 3 aliphatic carbocycles. The molecule has 0 spiro atoms. The highest BCUT2D eigenvalue weighted by Crippen LogP contribution is 2.65. The van der Waals surface area contributed by atoms with E-state index in [0.29, 0.717) is 29.6 Å². The number of fused-ring (bicyclic) bond motifs is 5. The fraction of sp³-hybridized carbons (Fsp3) is 0.688. The van der Waals surface area contributed by atoms with Crippen molar-refractivity contribution in [1.82, 2.24) is 4.90 Å². The fourth-order valence-electron chi connectivity index (χ4n) is 8.53. The van der Waals surface area contributed by atoms with Gasteiger partial charge in [0.25, 0.3) is 0 Å². The second-order valence-electron chi connectivity index (χ2n) is 14.5. The molecule has 202 valence electrons. The third-order valence-corrected chi connectivity index (χ3v) is 16.1. The van der Waals surface area contributed by atoms with E-state index in [1.807, 2.05) is 42.3 Å². The number of amides is 1. The highest BCUT2D eigenvalue weighted by Gasteiger charge is 2.61. The lowest BCUT2D eigenvalue weighted by molar-refractivity contribution is -0.138. The molecule has 1 amide bonds. The lowest BCUT2D eigenvalue weighted by Gasteiger charge is -2.60. The quantitative estimate of drug-likeness (QED) is 0.304. The second-order valence-corrected chi connectivity index (χ2v) is 19.3. The average Bonchev–Trinajstić information content (AvgIpc) is 3.17. The Morgan fingerprint density at radius 2 is 1.78 bits per heavy atom. The van der Waals surface area contributed by atoms with Gasteiger partial charge >= 0.3 is 0 Å². The predicted octanol–water partition coefficient (Wildman–Crippen LogP) is 7.51. The van der Waals surface area contributed by atoms with Gasteiger partial charge in [0.05, 0.1) is 0 Å². The molecule has 0 N–H and O–H groups in total. The summed E-state index contributed by atoms with van der Waals surface area (Å²) in [5, 5.41) is 0.114. The van der Waals surface area contributed by atoms with Gasteiger partial charge in [0.1, 0.15) is 5.75 Å². The van der Waals surface area contributed by atoms with Gasteiger partial charge in [-0.3, -0.25) is 9.59 Å². The number of ketones is 1. The number of hydrogen-bond donors (Lipinski definition) is 0. The van der Waals surface area contributed by atoms with Crippen LogP contribution in [-0.2, 0) is 4.79 Å². The van der Waals surface area contributed by atoms with E-state index in [9.17, 15) is 9.59 Å². The molecule has 3 saturated carbocycles. The van der Waals surface area contributed by atoms with Crippen LogP contribution >= 0.6 is 0 Å². The minimum absolute atomic E-state index is 0.0461. The van der Waals surface area contributed by atoms with E-state index in [2.05, 4.69) is 53.8 Å². The first-order valence-corrected chi connectivity index (χ1v) is 17.4. The van der Waals surface area contributed by atoms with E-state index >= 15 is 0 Å². The maximum atomic E-state index is 14.1. The molecule has 0 radical (unpaired) electrons. The smallest absolute Gasteiger partial charge is 0.250 e. The number of benzene rings is 1. The van der Waals surface area contributed by atoms with Gasteiger partial charge in [-0.05, 0) is 98.0 Å². The Morgan fingerprint density at radius 1 is 1.05 bits per heavy atom. The summed E-state index contributed by atoms with van der Waals surface area (Å²) in [4.78, 5) is 28.4. The van der Waals surface area contributed by atoms with E-state index < -0.39 is 8.32 Å². The van der Waals surface area contributed by atoms with Crippen LogP contribution in [0.3, 0.4) is 0 Å². The van der Waals surface area contributed by atoms with Crippen LogP contribution in [0.1, 0.15) is 83.5 Å². The van der Waals surface area contributed by atoms with Gasteiger partial charge in [-0.25, -0.2) is 0 Å². The maximum absolute atomic E-state index is 14.1. The Bertz CT molecular complexity index is 1120. The Labute approximate surface area is 225 Å². The summed E-state index contributed by atoms with van der Waals surface area (Å²) in [5.41, 5.74) is 0.915. The van der Waals surface area contributed by atoms with Crippen LogP contribution < -0.4 is 4.43 Å². The van der Waals surface area contributed by atoms with Gasteiger partial charge in [-0.2, -0.15) is 0 Å². The third kappa shape index (κ3) is 4.15. The van der Waals surface area contributed by atoms with Gasteiger partial charge in [0.2, 0.25) is 14.2 Å². The van der Waals surface area contributed by atoms with Crippen molar-refractivity contribution < 1.29 is 14.0 Å². The number of carbonyl (C=O) groups is 2. The fourth-order valence-corrected chi connectivity index (χ4v) is 9.55. The summed E-state index contributed by atoms with van der Waals surface area (Å²) in [5.74, 6) is 3.19. The summed E-state index contributed by atoms with van der Waals surface area (Å²) >= 11 is 0. The normalized spacial score (nSPS) is 37.6. The molecule has 1 aliphatic heterocycles. The van der Waals surface area contributed by atoms with Crippen molar-refractivity contribution in [3.8, 4) is 5.75 Å². The molecule has 5 heteroatoms. The van der Waals surface area contributed by atoms with E-state index in [0.717, 1.165) is 43.4 Å². The molecule has 37 heavy (non-hydrogen) atoms. The number of Topliss-reactive ketones (excluding diaryl/α,β-unsaturated/α-hetero) is 1. The zero-order valence-electron chi connectivity index (χ0n) is 24.3. The monoisotopic (exact) mass is 521 g/mol. The summed E-state index contributed by atoms with van der Waals surface area (Å²) < 4.78 is 6.55. The Morgan fingerprint density at radius 3 is 2.49 bits per heavy atom. The van der Waals surface area contributed by atoms with E-state index in [1.165, 1.54) is 6.42 Å². The molecule has 3 fully saturated rings. The van der Waals surface area contributed by atoms with Gasteiger partial charge in [0, 0.05) is 30.0 Å². The molecular weight excluding hydrogens is 474 g/mol. The van der Waals surface area contributed by atoms with Gasteiger partial charge in [-0.15, -0.1) is 0 Å². The summed E-state index contributed by atoms with van der Waals surface area (Å²) in [6.07, 6.45) is 10.7. The first kappa shape index (κ1) is 26.7. The standard InChI is InChI=1S/C32H47NO3Si/c1-30(2,3)37(7,8)36-22-11-9-10-21(20-22)29(35)26-14-13-24-23-12-15-27-32(5,19-17-28(34)33(27)6)25(23)16-18-31(24,26)4/h9-11,17,19-20,23-27H,12-16,18H2,1-8H3/t23-,24-,25-,26+,27+,31-,32+/m0/s1. The van der Waals surface area contributed by atoms with Crippen LogP contribution in [0.25, 0.3) is 0 Å². The van der Waals surface area contributed by atoms with Crippen molar-refractivity contribution in [2.75, 3.05) is 7.05 Å². The summed E-state index contributed by atoms with van der Waals surface area (Å²) in [6, 6.07) is 8.32. The highest BCUT2D eigenvalue weighted by atomic mass is 28.4. The lowest BCUT2D eigenvalue weighted by Crippen LogP contribution is -2.59. The van der Waals surface area contributed by atoms with Crippen LogP contribution in [0.5, 0.6) is 5.75 Å². The van der Waals surface area contributed by atoms with E-state index in [1.54, 1.807) is 0 Å². The molecule has 5 rings (SSSR count). The van der Waals surface area contributed by atoms with Gasteiger partial charge in [0.15, 0.2) is 5.78 Å². The number of hydrogen-bond acceptors (Lipinski definition) is 3. The predicted molar refractivity (Wildman–Crippen MR) is 152 cm³/mol. The Balaban J connectivity index is 1.37. The van der Waals surface area contributed by atoms with Crippen molar-refractivity contribution in [2.45, 2.75) is 97.3 Å². The maximum Gasteiger partial charge on any atom is 0.250 e. The first-order valence-electron chi connectivity index (χ1n) is 14.5. The second kappa shape index (κ2) is 8.82. The SMILES string of the molecule is CN1C(=O)C=C[C@]2(C)[C@H]3CC[C@]4(C)[C@@H](C(=O)c5cccc(O[Si](C)(C)C(C)(C)C)c5)CC[C@H]4[C@@H]3CC[C@@H]12. The molecule has 1 aromatic carbocycles. The highest BCUT2D eigenvalue weighted by molar-refractivity contribution is 6.74. The zero-order valence-corrected chi connectivity index (χ0v) is 25.3. The van der Waals surface area contributed by atoms with Crippen molar-refractivity contribution in [3.05, 3.63) is 42.0 Å². The lowest BCUT2D eigenvalue weighted by atomic mass is 9.47. The van der Waals surface area contributed by atoms with Gasteiger partial charge in [-0.1, -0.05) is 52.8 Å². The van der Waals surface area contributed by atoms with Crippen LogP contribution in [0, 0.1) is 34.5 Å². The summed E-state index contributed by atoms with van der Waals surface area (Å²) in [6.45, 7) is 16.1. The van der Waals surface area contributed by atoms with Crippen LogP contribution in [0.2, 0.25) is 18.1 Å². The average molecular weight is 522 g/mol. The number of carbonyl (C=O) groups excluding carboxylic acids is 2. The van der Waals surface area contributed by atoms with Crippen LogP contribution in [0.4, 0.5) is 0 Å². The number of rotatable bonds is 4. The summed E-state index contributed by atoms with van der Waals surface area (Å²) in [7, 11) is 0.0119. The van der Waals surface area contributed by atoms with Gasteiger partial charge < -0.3 is 9.33 Å². The minimum atomic E-state index is -1.97. The molecule has 4 aliphatic rings. The molecule has 0 bridgehead atoms. The molecule has 1 aromatic rings. The van der Waals surface area contributed by atoms with Crippen molar-refractivity contribution in [3.63, 3.8) is 0 Å². The Hall–Kier alpha value is -1.88. The van der Waals surface area contributed by atoms with E-state index in [-0.39, 0.29) is 27.7 Å². The number of likely N-dealkylation sites (N-methyl/N-ethyl adjacent to an activating group) is 1. The molecule has 0 aromatic heterocycles. The molecule has 7 atom stereocenters. The minimum Gasteiger partial charge on any atom is -0.543 e. The first-order chi connectivity index (χ1) is 17.2. The Kier molecular flexibility index (Phi) is 6.37. The molecule has 1 heterocycles. The van der Waals surface area contributed by atoms with Crippen LogP contribution in [-0.4, -0.2) is 38.0 Å². The van der Waals surface area contributed by atoms with Crippen LogP contribution in [0.15, 0.2) is 36.4 Å². The molecule has 0 saturated heterocycles. The van der Waals surface area contributed by atoms with E-state index in [4.69, 9.17) is 4.43 Å². The van der Waals surface area contributed by atoms with Crippen molar-refractivity contribution >= 4 is 20.0 Å². The molecule has 0 unspecified atom stereocenters. The molecule has 4 nitrogen and oxygen atoms in total. The number of nitrogens with zero attached hydrogens (tertiary/aromatic N) is 1. The third-order valence-electron chi connectivity index (χ3n) is 11.7. The molecular formula is C32H47NO3Si. The van der Waals surface area contributed by atoms with Crippen molar-refractivity contribution in [2.24, 2.45) is 34.5 Å². The largest absolute Gasteiger partial charge is 0.543 e. The zero-order chi connectivity index (χ0) is 27.0. The topological polar surface area (TPSA) is 46.6 Å². The van der Waals surface area contributed by atoms with Crippen molar-refractivity contribution in [1.29, 1.82) is 0 Å².